The van der Waals surface area contributed by atoms with Gasteiger partial charge >= 0.3 is 0 Å². The highest BCUT2D eigenvalue weighted by atomic mass is 35.5. The summed E-state index contributed by atoms with van der Waals surface area (Å²) >= 11 is 13.9. The molecule has 2 heterocycles. The Balaban J connectivity index is 1.70. The number of rotatable bonds is 3. The molecular weight excluding hydrogens is 395 g/mol. The first-order chi connectivity index (χ1) is 13.1. The van der Waals surface area contributed by atoms with Gasteiger partial charge < -0.3 is 4.90 Å². The molecule has 0 N–H and O–H groups in total. The van der Waals surface area contributed by atoms with Crippen LogP contribution in [0.5, 0.6) is 0 Å². The Morgan fingerprint density at radius 3 is 2.70 bits per heavy atom. The maximum absolute atomic E-state index is 6.13. The fraction of sp³-hybridized carbons (Fsp3) is 0.136. The maximum atomic E-state index is 6.13. The van der Waals surface area contributed by atoms with E-state index in [1.54, 1.807) is 11.3 Å². The van der Waals surface area contributed by atoms with E-state index in [4.69, 9.17) is 28.2 Å². The van der Waals surface area contributed by atoms with Gasteiger partial charge in [0.15, 0.2) is 0 Å². The van der Waals surface area contributed by atoms with Gasteiger partial charge in [-0.15, -0.1) is 11.3 Å². The van der Waals surface area contributed by atoms with Gasteiger partial charge in [-0.25, -0.2) is 0 Å². The zero-order valence-electron chi connectivity index (χ0n) is 14.8. The molecule has 3 aromatic rings. The summed E-state index contributed by atoms with van der Waals surface area (Å²) in [7, 11) is 2.12. The summed E-state index contributed by atoms with van der Waals surface area (Å²) in [5.74, 6) is 0. The second kappa shape index (κ2) is 7.89. The predicted molar refractivity (Wildman–Crippen MR) is 120 cm³/mol. The Morgan fingerprint density at radius 1 is 1.04 bits per heavy atom. The summed E-state index contributed by atoms with van der Waals surface area (Å²) in [4.78, 5) is 8.35. The molecule has 5 heteroatoms. The van der Waals surface area contributed by atoms with E-state index >= 15 is 0 Å². The number of allylic oxidation sites excluding steroid dienone is 1. The normalized spacial score (nSPS) is 14.2. The summed E-state index contributed by atoms with van der Waals surface area (Å²) in [6.45, 7) is 1.66. The number of benzene rings is 2. The molecule has 0 saturated heterocycles. The lowest BCUT2D eigenvalue weighted by Crippen LogP contribution is -2.20. The second-order valence-corrected chi connectivity index (χ2v) is 8.17. The molecule has 136 valence electrons. The van der Waals surface area contributed by atoms with Gasteiger partial charge in [-0.1, -0.05) is 53.5 Å². The Morgan fingerprint density at radius 2 is 1.93 bits per heavy atom. The van der Waals surface area contributed by atoms with E-state index in [9.17, 15) is 0 Å². The molecule has 0 aliphatic carbocycles. The van der Waals surface area contributed by atoms with Crippen molar-refractivity contribution in [3.8, 4) is 10.4 Å². The lowest BCUT2D eigenvalue weighted by atomic mass is 10.0. The summed E-state index contributed by atoms with van der Waals surface area (Å²) < 4.78 is 0. The lowest BCUT2D eigenvalue weighted by Gasteiger charge is -2.20. The van der Waals surface area contributed by atoms with Crippen LogP contribution in [0.25, 0.3) is 16.5 Å². The molecule has 0 atom stereocenters. The minimum absolute atomic E-state index is 0.558. The molecule has 1 aliphatic rings. The van der Waals surface area contributed by atoms with Crippen molar-refractivity contribution in [2.24, 2.45) is 4.99 Å². The Kier molecular flexibility index (Phi) is 5.35. The third-order valence-corrected chi connectivity index (χ3v) is 6.24. The van der Waals surface area contributed by atoms with E-state index in [0.717, 1.165) is 29.9 Å². The summed E-state index contributed by atoms with van der Waals surface area (Å²) in [5.41, 5.74) is 5.58. The number of thiophene rings is 1. The first kappa shape index (κ1) is 18.3. The Hall–Kier alpha value is -2.07. The van der Waals surface area contributed by atoms with Gasteiger partial charge in [0.25, 0.3) is 0 Å². The lowest BCUT2D eigenvalue weighted by molar-refractivity contribution is 0.897. The molecular formula is C22H18Cl2N2S. The first-order valence-electron chi connectivity index (χ1n) is 8.69. The fourth-order valence-corrected chi connectivity index (χ4v) is 4.15. The summed E-state index contributed by atoms with van der Waals surface area (Å²) in [5, 5.41) is 3.23. The fourth-order valence-electron chi connectivity index (χ4n) is 3.12. The van der Waals surface area contributed by atoms with Gasteiger partial charge in [0.05, 0.1) is 22.3 Å². The zero-order valence-corrected chi connectivity index (χ0v) is 17.2. The van der Waals surface area contributed by atoms with E-state index in [0.29, 0.717) is 10.0 Å². The van der Waals surface area contributed by atoms with Crippen LogP contribution in [0, 0.1) is 0 Å². The minimum Gasteiger partial charge on any atom is -0.372 e. The average molecular weight is 413 g/mol. The molecule has 0 spiro atoms. The van der Waals surface area contributed by atoms with Crippen LogP contribution in [0.4, 0.5) is 5.69 Å². The average Bonchev–Trinajstić information content (AvgIpc) is 3.16. The van der Waals surface area contributed by atoms with Crippen molar-refractivity contribution in [1.82, 2.24) is 0 Å². The number of anilines is 1. The molecule has 1 aromatic heterocycles. The van der Waals surface area contributed by atoms with Gasteiger partial charge in [0.1, 0.15) is 0 Å². The minimum atomic E-state index is 0.558. The third-order valence-electron chi connectivity index (χ3n) is 4.59. The molecule has 2 nitrogen and oxygen atoms in total. The van der Waals surface area contributed by atoms with Crippen molar-refractivity contribution < 1.29 is 0 Å². The van der Waals surface area contributed by atoms with Crippen molar-refractivity contribution in [2.75, 3.05) is 25.0 Å². The van der Waals surface area contributed by atoms with Gasteiger partial charge in [-0.05, 0) is 46.8 Å². The molecule has 1 aliphatic heterocycles. The number of hydrogen-bond acceptors (Lipinski definition) is 3. The molecule has 27 heavy (non-hydrogen) atoms. The number of nitrogens with zero attached hydrogens (tertiary/aromatic N) is 2. The van der Waals surface area contributed by atoms with Crippen LogP contribution in [0.2, 0.25) is 10.0 Å². The van der Waals surface area contributed by atoms with Crippen LogP contribution in [0.1, 0.15) is 11.1 Å². The van der Waals surface area contributed by atoms with Crippen molar-refractivity contribution in [2.45, 2.75) is 0 Å². The second-order valence-electron chi connectivity index (χ2n) is 6.40. The highest BCUT2D eigenvalue weighted by molar-refractivity contribution is 7.13. The van der Waals surface area contributed by atoms with Gasteiger partial charge in [-0.2, -0.15) is 0 Å². The van der Waals surface area contributed by atoms with Crippen molar-refractivity contribution in [3.05, 3.63) is 81.2 Å². The number of fused-ring (bicyclic) bond motifs is 1. The topological polar surface area (TPSA) is 15.6 Å². The monoisotopic (exact) mass is 412 g/mol. The third kappa shape index (κ3) is 3.96. The number of aliphatic imine (C=N–C) groups is 1. The number of benzodiazepines with no additional fused rings is 1. The Labute approximate surface area is 173 Å². The van der Waals surface area contributed by atoms with E-state index in [1.165, 1.54) is 16.1 Å². The highest BCUT2D eigenvalue weighted by Crippen LogP contribution is 2.32. The van der Waals surface area contributed by atoms with Crippen LogP contribution in [0.3, 0.4) is 0 Å². The van der Waals surface area contributed by atoms with E-state index in [-0.39, 0.29) is 0 Å². The van der Waals surface area contributed by atoms with E-state index < -0.39 is 0 Å². The summed E-state index contributed by atoms with van der Waals surface area (Å²) in [6.07, 6.45) is 4.09. The van der Waals surface area contributed by atoms with Crippen LogP contribution in [-0.2, 0) is 0 Å². The summed E-state index contributed by atoms with van der Waals surface area (Å²) in [6, 6.07) is 16.5. The molecule has 0 bridgehead atoms. The number of hydrogen-bond donors (Lipinski definition) is 0. The van der Waals surface area contributed by atoms with Crippen molar-refractivity contribution >= 4 is 52.0 Å². The van der Waals surface area contributed by atoms with Gasteiger partial charge in [0, 0.05) is 29.7 Å². The number of likely N-dealkylation sites (N-methyl/N-ethyl adjacent to an activating group) is 1. The zero-order chi connectivity index (χ0) is 18.8. The van der Waals surface area contributed by atoms with E-state index in [1.807, 2.05) is 24.3 Å². The van der Waals surface area contributed by atoms with Crippen molar-refractivity contribution in [1.29, 1.82) is 0 Å². The van der Waals surface area contributed by atoms with Crippen LogP contribution < -0.4 is 4.90 Å². The maximum Gasteiger partial charge on any atom is 0.0668 e. The predicted octanol–water partition coefficient (Wildman–Crippen LogP) is 6.67. The van der Waals surface area contributed by atoms with Crippen LogP contribution in [-0.4, -0.2) is 25.8 Å². The van der Waals surface area contributed by atoms with Gasteiger partial charge in [-0.3, -0.25) is 4.99 Å². The molecule has 2 aromatic carbocycles. The SMILES string of the molecule is CN1CCN=C(C=Cc2ccc(Cl)c(Cl)c2)c2ccc(-c3cccs3)cc21. The van der Waals surface area contributed by atoms with Crippen LogP contribution in [0.15, 0.2) is 65.0 Å². The molecule has 0 radical (unpaired) electrons. The first-order valence-corrected chi connectivity index (χ1v) is 10.3. The largest absolute Gasteiger partial charge is 0.372 e. The number of halogens is 2. The van der Waals surface area contributed by atoms with Crippen LogP contribution >= 0.6 is 34.5 Å². The molecule has 0 saturated carbocycles. The standard InChI is InChI=1S/C22H18Cl2N2S/c1-26-11-10-25-20(9-5-15-4-8-18(23)19(24)13-15)17-7-6-16(14-21(17)26)22-3-2-12-27-22/h2-9,12-14H,10-11H2,1H3. The molecule has 0 fully saturated rings. The van der Waals surface area contributed by atoms with Crippen molar-refractivity contribution in [3.63, 3.8) is 0 Å². The Bertz CT molecular complexity index is 1020. The van der Waals surface area contributed by atoms with Gasteiger partial charge in [0.2, 0.25) is 0 Å². The van der Waals surface area contributed by atoms with E-state index in [2.05, 4.69) is 53.7 Å². The molecule has 0 unspecified atom stereocenters. The smallest absolute Gasteiger partial charge is 0.0668 e. The molecule has 4 rings (SSSR count). The quantitative estimate of drug-likeness (QED) is 0.468. The molecule has 0 amide bonds. The highest BCUT2D eigenvalue weighted by Gasteiger charge is 2.16.